The molecule has 0 bridgehead atoms. The summed E-state index contributed by atoms with van der Waals surface area (Å²) in [5.41, 5.74) is 8.00. The van der Waals surface area contributed by atoms with Crippen molar-refractivity contribution in [2.24, 2.45) is 5.73 Å². The summed E-state index contributed by atoms with van der Waals surface area (Å²) in [5.74, 6) is 0.0888. The van der Waals surface area contributed by atoms with E-state index in [9.17, 15) is 4.79 Å². The summed E-state index contributed by atoms with van der Waals surface area (Å²) in [4.78, 5) is 12.4. The molecule has 0 aromatic heterocycles. The second kappa shape index (κ2) is 9.56. The van der Waals surface area contributed by atoms with E-state index in [0.717, 1.165) is 12.8 Å². The number of carbonyl (C=O) groups is 1. The van der Waals surface area contributed by atoms with Crippen LogP contribution in [0.15, 0.2) is 60.7 Å². The minimum Gasteiger partial charge on any atom is -0.364 e. The van der Waals surface area contributed by atoms with Crippen LogP contribution in [-0.4, -0.2) is 31.2 Å². The molecule has 2 atom stereocenters. The molecule has 0 unspecified atom stereocenters. The number of hydrogen-bond donors (Lipinski definition) is 2. The summed E-state index contributed by atoms with van der Waals surface area (Å²) in [6, 6.07) is 20.5. The van der Waals surface area contributed by atoms with E-state index in [0.29, 0.717) is 13.1 Å². The molecule has 5 heteroatoms. The number of amides is 1. The van der Waals surface area contributed by atoms with E-state index >= 15 is 0 Å². The molecular weight excluding hydrogens is 336 g/mol. The zero-order valence-electron chi connectivity index (χ0n) is 14.1. The molecule has 3 rings (SSSR count). The summed E-state index contributed by atoms with van der Waals surface area (Å²) in [6.07, 6.45) is 1.25. The average Bonchev–Trinajstić information content (AvgIpc) is 3.13. The third-order valence-corrected chi connectivity index (χ3v) is 4.55. The van der Waals surface area contributed by atoms with Gasteiger partial charge < -0.3 is 15.8 Å². The second-order valence-corrected chi connectivity index (χ2v) is 6.18. The number of ether oxygens (including phenoxy) is 1. The van der Waals surface area contributed by atoms with Gasteiger partial charge in [-0.2, -0.15) is 0 Å². The minimum absolute atomic E-state index is 0. The highest BCUT2D eigenvalue weighted by atomic mass is 35.5. The van der Waals surface area contributed by atoms with E-state index in [-0.39, 0.29) is 36.4 Å². The van der Waals surface area contributed by atoms with Crippen LogP contribution < -0.4 is 11.1 Å². The van der Waals surface area contributed by atoms with Gasteiger partial charge in [0.05, 0.1) is 6.10 Å². The lowest BCUT2D eigenvalue weighted by Crippen LogP contribution is -2.37. The van der Waals surface area contributed by atoms with Crippen molar-refractivity contribution in [1.82, 2.24) is 5.32 Å². The molecule has 0 aliphatic carbocycles. The number of nitrogens with two attached hydrogens (primary N) is 1. The van der Waals surface area contributed by atoms with Gasteiger partial charge in [-0.1, -0.05) is 60.7 Å². The van der Waals surface area contributed by atoms with E-state index in [1.165, 1.54) is 11.1 Å². The van der Waals surface area contributed by atoms with E-state index in [1.807, 2.05) is 36.4 Å². The fourth-order valence-corrected chi connectivity index (χ4v) is 3.19. The Bertz CT molecular complexity index is 612. The number of carbonyl (C=O) groups excluding carboxylic acids is 1. The molecule has 3 N–H and O–H groups in total. The number of rotatable bonds is 6. The number of halogens is 1. The third-order valence-electron chi connectivity index (χ3n) is 4.55. The maximum Gasteiger partial charge on any atom is 0.249 e. The highest BCUT2D eigenvalue weighted by Crippen LogP contribution is 2.24. The first-order chi connectivity index (χ1) is 11.8. The van der Waals surface area contributed by atoms with Crippen molar-refractivity contribution in [2.75, 3.05) is 13.1 Å². The molecule has 1 fully saturated rings. The monoisotopic (exact) mass is 360 g/mol. The van der Waals surface area contributed by atoms with Crippen molar-refractivity contribution >= 4 is 18.3 Å². The van der Waals surface area contributed by atoms with Gasteiger partial charge >= 0.3 is 0 Å². The lowest BCUT2D eigenvalue weighted by Gasteiger charge is -2.20. The molecule has 134 valence electrons. The molecule has 0 radical (unpaired) electrons. The van der Waals surface area contributed by atoms with Crippen molar-refractivity contribution in [1.29, 1.82) is 0 Å². The summed E-state index contributed by atoms with van der Waals surface area (Å²) in [5, 5.41) is 3.06. The molecule has 4 nitrogen and oxygen atoms in total. The Hall–Kier alpha value is -1.88. The molecule has 1 amide bonds. The molecule has 1 heterocycles. The van der Waals surface area contributed by atoms with Crippen molar-refractivity contribution < 1.29 is 9.53 Å². The molecule has 0 saturated carbocycles. The van der Waals surface area contributed by atoms with Gasteiger partial charge in [-0.3, -0.25) is 4.79 Å². The van der Waals surface area contributed by atoms with Gasteiger partial charge in [0.2, 0.25) is 5.91 Å². The zero-order valence-corrected chi connectivity index (χ0v) is 15.0. The minimum atomic E-state index is -0.370. The molecule has 0 spiro atoms. The van der Waals surface area contributed by atoms with Crippen molar-refractivity contribution in [3.05, 3.63) is 71.8 Å². The van der Waals surface area contributed by atoms with Gasteiger partial charge in [-0.25, -0.2) is 0 Å². The third kappa shape index (κ3) is 5.05. The first kappa shape index (κ1) is 19.4. The second-order valence-electron chi connectivity index (χ2n) is 6.18. The summed E-state index contributed by atoms with van der Waals surface area (Å²) >= 11 is 0. The van der Waals surface area contributed by atoms with E-state index in [1.54, 1.807) is 0 Å². The molecular formula is C20H25ClN2O2. The largest absolute Gasteiger partial charge is 0.364 e. The summed E-state index contributed by atoms with van der Waals surface area (Å²) < 4.78 is 5.68. The molecule has 2 aromatic rings. The van der Waals surface area contributed by atoms with Gasteiger partial charge in [0.25, 0.3) is 0 Å². The molecule has 1 aliphatic rings. The predicted molar refractivity (Wildman–Crippen MR) is 102 cm³/mol. The average molecular weight is 361 g/mol. The van der Waals surface area contributed by atoms with Crippen LogP contribution in [0.2, 0.25) is 0 Å². The standard InChI is InChI=1S/C20H24N2O2.ClH/c21-13-17-11-12-19(24-17)20(23)22-14-18(15-7-3-1-4-8-15)16-9-5-2-6-10-16;/h1-10,17-19H,11-14,21H2,(H,22,23);1H/t17-,19+;/m1./s1. The number of hydrogen-bond acceptors (Lipinski definition) is 3. The smallest absolute Gasteiger partial charge is 0.249 e. The Kier molecular flexibility index (Phi) is 7.44. The summed E-state index contributed by atoms with van der Waals surface area (Å²) in [7, 11) is 0. The van der Waals surface area contributed by atoms with Gasteiger partial charge in [-0.15, -0.1) is 12.4 Å². The van der Waals surface area contributed by atoms with Gasteiger partial charge in [0.1, 0.15) is 6.10 Å². The highest BCUT2D eigenvalue weighted by molar-refractivity contribution is 5.85. The van der Waals surface area contributed by atoms with Gasteiger partial charge in [0, 0.05) is 19.0 Å². The van der Waals surface area contributed by atoms with Crippen LogP contribution in [0.5, 0.6) is 0 Å². The van der Waals surface area contributed by atoms with Crippen LogP contribution in [0.3, 0.4) is 0 Å². The van der Waals surface area contributed by atoms with Crippen molar-refractivity contribution in [3.8, 4) is 0 Å². The lowest BCUT2D eigenvalue weighted by atomic mass is 9.91. The topological polar surface area (TPSA) is 64.4 Å². The predicted octanol–water partition coefficient (Wildman–Crippen LogP) is 2.86. The molecule has 1 aliphatic heterocycles. The maximum atomic E-state index is 12.4. The van der Waals surface area contributed by atoms with Gasteiger partial charge in [0.15, 0.2) is 0 Å². The quantitative estimate of drug-likeness (QED) is 0.832. The molecule has 25 heavy (non-hydrogen) atoms. The maximum absolute atomic E-state index is 12.4. The van der Waals surface area contributed by atoms with E-state index in [4.69, 9.17) is 10.5 Å². The van der Waals surface area contributed by atoms with E-state index in [2.05, 4.69) is 29.6 Å². The number of benzene rings is 2. The first-order valence-corrected chi connectivity index (χ1v) is 8.51. The van der Waals surface area contributed by atoms with Crippen LogP contribution in [-0.2, 0) is 9.53 Å². The van der Waals surface area contributed by atoms with Crippen LogP contribution in [0.25, 0.3) is 0 Å². The fraction of sp³-hybridized carbons (Fsp3) is 0.350. The Morgan fingerprint density at radius 2 is 1.60 bits per heavy atom. The van der Waals surface area contributed by atoms with Crippen LogP contribution >= 0.6 is 12.4 Å². The Labute approximate surface area is 155 Å². The Balaban J connectivity index is 0.00000225. The van der Waals surface area contributed by atoms with E-state index < -0.39 is 0 Å². The van der Waals surface area contributed by atoms with Crippen molar-refractivity contribution in [2.45, 2.75) is 31.0 Å². The Morgan fingerprint density at radius 3 is 2.08 bits per heavy atom. The molecule has 1 saturated heterocycles. The first-order valence-electron chi connectivity index (χ1n) is 8.51. The van der Waals surface area contributed by atoms with Gasteiger partial charge in [-0.05, 0) is 24.0 Å². The lowest BCUT2D eigenvalue weighted by molar-refractivity contribution is -0.131. The van der Waals surface area contributed by atoms with Crippen LogP contribution in [0, 0.1) is 0 Å². The van der Waals surface area contributed by atoms with Crippen LogP contribution in [0.4, 0.5) is 0 Å². The molecule has 2 aromatic carbocycles. The zero-order chi connectivity index (χ0) is 16.8. The SMILES string of the molecule is Cl.NC[C@H]1CC[C@@H](C(=O)NCC(c2ccccc2)c2ccccc2)O1. The van der Waals surface area contributed by atoms with Crippen molar-refractivity contribution in [3.63, 3.8) is 0 Å². The van der Waals surface area contributed by atoms with Crippen LogP contribution in [0.1, 0.15) is 29.9 Å². The number of nitrogens with one attached hydrogen (secondary N) is 1. The summed E-state index contributed by atoms with van der Waals surface area (Å²) in [6.45, 7) is 1.03. The normalized spacial score (nSPS) is 19.4. The highest BCUT2D eigenvalue weighted by Gasteiger charge is 2.30. The fourth-order valence-electron chi connectivity index (χ4n) is 3.19. The Morgan fingerprint density at radius 1 is 1.04 bits per heavy atom.